The molecule has 0 fully saturated rings. The Hall–Kier alpha value is -2.56. The quantitative estimate of drug-likeness (QED) is 0.747. The van der Waals surface area contributed by atoms with Crippen LogP contribution in [0.2, 0.25) is 0 Å². The van der Waals surface area contributed by atoms with Gasteiger partial charge >= 0.3 is 0 Å². The summed E-state index contributed by atoms with van der Waals surface area (Å²) in [5.41, 5.74) is 3.39. The third-order valence-electron chi connectivity index (χ3n) is 3.27. The average Bonchev–Trinajstić information content (AvgIpc) is 3.16. The number of imidazole rings is 1. The summed E-state index contributed by atoms with van der Waals surface area (Å²) in [6, 6.07) is 10.4. The van der Waals surface area contributed by atoms with Crippen LogP contribution in [0, 0.1) is 0 Å². The van der Waals surface area contributed by atoms with Gasteiger partial charge in [0, 0.05) is 31.7 Å². The van der Waals surface area contributed by atoms with Crippen LogP contribution in [-0.4, -0.2) is 19.7 Å². The van der Waals surface area contributed by atoms with Crippen LogP contribution in [0.4, 0.5) is 5.95 Å². The molecular weight excluding hydrogens is 250 g/mol. The third kappa shape index (κ3) is 2.56. The Morgan fingerprint density at radius 3 is 2.70 bits per heavy atom. The lowest BCUT2D eigenvalue weighted by atomic mass is 10.1. The zero-order chi connectivity index (χ0) is 13.8. The molecule has 20 heavy (non-hydrogen) atoms. The second-order valence-electron chi connectivity index (χ2n) is 4.56. The molecule has 0 aliphatic rings. The first-order valence-electron chi connectivity index (χ1n) is 6.70. The van der Waals surface area contributed by atoms with Crippen molar-refractivity contribution in [2.45, 2.75) is 20.0 Å². The van der Waals surface area contributed by atoms with Crippen LogP contribution in [0.1, 0.15) is 12.5 Å². The van der Waals surface area contributed by atoms with Gasteiger partial charge in [-0.05, 0) is 24.1 Å². The molecular formula is C15H17N5. The zero-order valence-electron chi connectivity index (χ0n) is 11.4. The molecule has 5 nitrogen and oxygen atoms in total. The first-order chi connectivity index (χ1) is 9.86. The number of hydrogen-bond donors (Lipinski definition) is 2. The van der Waals surface area contributed by atoms with Gasteiger partial charge in [-0.1, -0.05) is 24.3 Å². The van der Waals surface area contributed by atoms with Crippen molar-refractivity contribution < 1.29 is 0 Å². The van der Waals surface area contributed by atoms with Gasteiger partial charge in [-0.15, -0.1) is 0 Å². The summed E-state index contributed by atoms with van der Waals surface area (Å²) in [5, 5.41) is 10.3. The Bertz CT molecular complexity index is 652. The van der Waals surface area contributed by atoms with Crippen LogP contribution in [0.25, 0.3) is 11.3 Å². The van der Waals surface area contributed by atoms with Gasteiger partial charge in [0.1, 0.15) is 0 Å². The van der Waals surface area contributed by atoms with E-state index in [1.54, 1.807) is 6.20 Å². The molecule has 2 aromatic heterocycles. The summed E-state index contributed by atoms with van der Waals surface area (Å²) in [7, 11) is 0. The number of hydrogen-bond acceptors (Lipinski definition) is 3. The molecule has 2 heterocycles. The number of benzene rings is 1. The van der Waals surface area contributed by atoms with Crippen LogP contribution < -0.4 is 5.32 Å². The second-order valence-corrected chi connectivity index (χ2v) is 4.56. The first kappa shape index (κ1) is 12.5. The standard InChI is InChI=1S/C15H17N5/c1-2-20-10-9-16-15(20)17-11-12-3-5-13(6-4-12)14-7-8-18-19-14/h3-10H,2,11H2,1H3,(H,16,17)(H,18,19). The summed E-state index contributed by atoms with van der Waals surface area (Å²) >= 11 is 0. The maximum Gasteiger partial charge on any atom is 0.203 e. The number of aryl methyl sites for hydroxylation is 1. The zero-order valence-corrected chi connectivity index (χ0v) is 11.4. The number of anilines is 1. The van der Waals surface area contributed by atoms with E-state index in [4.69, 9.17) is 0 Å². The molecule has 0 spiro atoms. The van der Waals surface area contributed by atoms with Crippen molar-refractivity contribution in [2.75, 3.05) is 5.32 Å². The fourth-order valence-corrected chi connectivity index (χ4v) is 2.13. The van der Waals surface area contributed by atoms with E-state index in [2.05, 4.69) is 56.3 Å². The minimum Gasteiger partial charge on any atom is -0.352 e. The lowest BCUT2D eigenvalue weighted by molar-refractivity contribution is 0.763. The van der Waals surface area contributed by atoms with Gasteiger partial charge in [0.25, 0.3) is 0 Å². The number of rotatable bonds is 5. The fourth-order valence-electron chi connectivity index (χ4n) is 2.13. The predicted molar refractivity (Wildman–Crippen MR) is 79.3 cm³/mol. The van der Waals surface area contributed by atoms with E-state index < -0.39 is 0 Å². The number of aromatic nitrogens is 4. The van der Waals surface area contributed by atoms with Crippen molar-refractivity contribution in [3.8, 4) is 11.3 Å². The maximum atomic E-state index is 4.30. The molecule has 0 unspecified atom stereocenters. The highest BCUT2D eigenvalue weighted by molar-refractivity contribution is 5.58. The molecule has 1 aromatic carbocycles. The Morgan fingerprint density at radius 2 is 2.00 bits per heavy atom. The summed E-state index contributed by atoms with van der Waals surface area (Å²) in [6.07, 6.45) is 5.55. The summed E-state index contributed by atoms with van der Waals surface area (Å²) in [4.78, 5) is 4.30. The molecule has 0 saturated carbocycles. The van der Waals surface area contributed by atoms with Crippen molar-refractivity contribution >= 4 is 5.95 Å². The molecule has 0 amide bonds. The Balaban J connectivity index is 1.67. The third-order valence-corrected chi connectivity index (χ3v) is 3.27. The van der Waals surface area contributed by atoms with Gasteiger partial charge in [0.2, 0.25) is 5.95 Å². The van der Waals surface area contributed by atoms with Crippen LogP contribution in [-0.2, 0) is 13.1 Å². The van der Waals surface area contributed by atoms with Crippen molar-refractivity contribution in [1.82, 2.24) is 19.7 Å². The van der Waals surface area contributed by atoms with E-state index in [9.17, 15) is 0 Å². The molecule has 0 radical (unpaired) electrons. The lowest BCUT2D eigenvalue weighted by Crippen LogP contribution is -2.06. The van der Waals surface area contributed by atoms with Crippen molar-refractivity contribution in [3.05, 3.63) is 54.5 Å². The number of nitrogens with one attached hydrogen (secondary N) is 2. The van der Waals surface area contributed by atoms with Crippen LogP contribution in [0.15, 0.2) is 48.9 Å². The Kier molecular flexibility index (Phi) is 3.50. The summed E-state index contributed by atoms with van der Waals surface area (Å²) < 4.78 is 2.08. The molecule has 0 saturated heterocycles. The molecule has 3 aromatic rings. The van der Waals surface area contributed by atoms with E-state index in [1.807, 2.05) is 18.5 Å². The van der Waals surface area contributed by atoms with Gasteiger partial charge in [0.05, 0.1) is 5.69 Å². The summed E-state index contributed by atoms with van der Waals surface area (Å²) in [6.45, 7) is 3.79. The predicted octanol–water partition coefficient (Wildman–Crippen LogP) is 2.91. The highest BCUT2D eigenvalue weighted by Crippen LogP contribution is 2.17. The molecule has 102 valence electrons. The molecule has 3 rings (SSSR count). The van der Waals surface area contributed by atoms with Crippen LogP contribution >= 0.6 is 0 Å². The number of nitrogens with zero attached hydrogens (tertiary/aromatic N) is 3. The maximum absolute atomic E-state index is 4.30. The normalized spacial score (nSPS) is 10.7. The van der Waals surface area contributed by atoms with E-state index >= 15 is 0 Å². The lowest BCUT2D eigenvalue weighted by Gasteiger charge is -2.08. The number of H-pyrrole nitrogens is 1. The average molecular weight is 267 g/mol. The highest BCUT2D eigenvalue weighted by Gasteiger charge is 2.02. The van der Waals surface area contributed by atoms with Crippen molar-refractivity contribution in [2.24, 2.45) is 0 Å². The molecule has 0 atom stereocenters. The van der Waals surface area contributed by atoms with E-state index in [1.165, 1.54) is 5.56 Å². The second kappa shape index (κ2) is 5.61. The molecule has 0 bridgehead atoms. The largest absolute Gasteiger partial charge is 0.352 e. The minimum absolute atomic E-state index is 0.764. The summed E-state index contributed by atoms with van der Waals surface area (Å²) in [5.74, 6) is 0.908. The van der Waals surface area contributed by atoms with Crippen molar-refractivity contribution in [3.63, 3.8) is 0 Å². The van der Waals surface area contributed by atoms with Gasteiger partial charge in [-0.3, -0.25) is 5.10 Å². The molecule has 2 N–H and O–H groups in total. The molecule has 5 heteroatoms. The fraction of sp³-hybridized carbons (Fsp3) is 0.200. The van der Waals surface area contributed by atoms with E-state index in [0.717, 1.165) is 30.3 Å². The van der Waals surface area contributed by atoms with E-state index in [0.29, 0.717) is 0 Å². The Morgan fingerprint density at radius 1 is 1.15 bits per heavy atom. The Labute approximate surface area is 117 Å². The smallest absolute Gasteiger partial charge is 0.203 e. The van der Waals surface area contributed by atoms with Crippen LogP contribution in [0.5, 0.6) is 0 Å². The SMILES string of the molecule is CCn1ccnc1NCc1ccc(-c2ccn[nH]2)cc1. The van der Waals surface area contributed by atoms with Crippen molar-refractivity contribution in [1.29, 1.82) is 0 Å². The van der Waals surface area contributed by atoms with E-state index in [-0.39, 0.29) is 0 Å². The molecule has 0 aliphatic heterocycles. The first-order valence-corrected chi connectivity index (χ1v) is 6.70. The van der Waals surface area contributed by atoms with Gasteiger partial charge in [-0.25, -0.2) is 4.98 Å². The van der Waals surface area contributed by atoms with Gasteiger partial charge in [0.15, 0.2) is 0 Å². The number of aromatic amines is 1. The van der Waals surface area contributed by atoms with Gasteiger partial charge in [-0.2, -0.15) is 5.10 Å². The highest BCUT2D eigenvalue weighted by atomic mass is 15.2. The van der Waals surface area contributed by atoms with Gasteiger partial charge < -0.3 is 9.88 Å². The van der Waals surface area contributed by atoms with Crippen LogP contribution in [0.3, 0.4) is 0 Å². The topological polar surface area (TPSA) is 58.5 Å². The molecule has 0 aliphatic carbocycles. The minimum atomic E-state index is 0.764. The monoisotopic (exact) mass is 267 g/mol.